The Kier molecular flexibility index (Phi) is 4.05. The Morgan fingerprint density at radius 1 is 1.38 bits per heavy atom. The quantitative estimate of drug-likeness (QED) is 0.837. The molecule has 21 heavy (non-hydrogen) atoms. The second-order valence-electron chi connectivity index (χ2n) is 5.90. The van der Waals surface area contributed by atoms with Crippen molar-refractivity contribution in [2.45, 2.75) is 38.3 Å². The summed E-state index contributed by atoms with van der Waals surface area (Å²) < 4.78 is 9.85. The first kappa shape index (κ1) is 14.3. The van der Waals surface area contributed by atoms with Crippen molar-refractivity contribution >= 4 is 11.9 Å². The SMILES string of the molecule is COCc1nc(N[C@@H]2C[C@H]3CC[C@@H]2C3)ncc1C(=O)OC. The lowest BCUT2D eigenvalue weighted by Crippen LogP contribution is -2.27. The van der Waals surface area contributed by atoms with Gasteiger partial charge in [0, 0.05) is 19.3 Å². The zero-order chi connectivity index (χ0) is 14.8. The van der Waals surface area contributed by atoms with Crippen LogP contribution < -0.4 is 5.32 Å². The molecule has 1 N–H and O–H groups in total. The molecular weight excluding hydrogens is 270 g/mol. The van der Waals surface area contributed by atoms with E-state index in [-0.39, 0.29) is 6.61 Å². The van der Waals surface area contributed by atoms with E-state index in [9.17, 15) is 4.79 Å². The van der Waals surface area contributed by atoms with Crippen molar-refractivity contribution in [2.24, 2.45) is 11.8 Å². The van der Waals surface area contributed by atoms with Crippen LogP contribution in [0, 0.1) is 11.8 Å². The van der Waals surface area contributed by atoms with Crippen LogP contribution >= 0.6 is 0 Å². The molecule has 3 atom stereocenters. The number of rotatable bonds is 5. The number of fused-ring (bicyclic) bond motifs is 2. The minimum absolute atomic E-state index is 0.262. The van der Waals surface area contributed by atoms with Gasteiger partial charge >= 0.3 is 5.97 Å². The van der Waals surface area contributed by atoms with Gasteiger partial charge in [-0.15, -0.1) is 0 Å². The molecule has 0 aromatic carbocycles. The van der Waals surface area contributed by atoms with Crippen LogP contribution in [0.3, 0.4) is 0 Å². The molecule has 114 valence electrons. The maximum Gasteiger partial charge on any atom is 0.341 e. The average molecular weight is 291 g/mol. The highest BCUT2D eigenvalue weighted by Crippen LogP contribution is 2.45. The second kappa shape index (κ2) is 5.97. The Bertz CT molecular complexity index is 535. The third kappa shape index (κ3) is 2.85. The number of carbonyl (C=O) groups is 1. The van der Waals surface area contributed by atoms with E-state index in [2.05, 4.69) is 15.3 Å². The molecule has 2 saturated carbocycles. The third-order valence-electron chi connectivity index (χ3n) is 4.61. The van der Waals surface area contributed by atoms with Crippen molar-refractivity contribution < 1.29 is 14.3 Å². The molecule has 1 aromatic rings. The Morgan fingerprint density at radius 3 is 2.86 bits per heavy atom. The Hall–Kier alpha value is -1.69. The molecule has 2 aliphatic rings. The van der Waals surface area contributed by atoms with E-state index in [4.69, 9.17) is 9.47 Å². The third-order valence-corrected chi connectivity index (χ3v) is 4.61. The summed E-state index contributed by atoms with van der Waals surface area (Å²) in [6.07, 6.45) is 6.70. The Morgan fingerprint density at radius 2 is 2.24 bits per heavy atom. The molecule has 6 nitrogen and oxygen atoms in total. The van der Waals surface area contributed by atoms with Crippen molar-refractivity contribution in [3.05, 3.63) is 17.5 Å². The molecule has 0 aliphatic heterocycles. The van der Waals surface area contributed by atoms with Crippen LogP contribution in [-0.4, -0.2) is 36.2 Å². The van der Waals surface area contributed by atoms with Gasteiger partial charge in [-0.05, 0) is 31.1 Å². The van der Waals surface area contributed by atoms with E-state index < -0.39 is 5.97 Å². The average Bonchev–Trinajstić information content (AvgIpc) is 3.10. The van der Waals surface area contributed by atoms with Crippen LogP contribution in [0.2, 0.25) is 0 Å². The molecule has 1 aromatic heterocycles. The summed E-state index contributed by atoms with van der Waals surface area (Å²) >= 11 is 0. The normalized spacial score (nSPS) is 26.9. The number of anilines is 1. The lowest BCUT2D eigenvalue weighted by molar-refractivity contribution is 0.0594. The van der Waals surface area contributed by atoms with E-state index in [1.54, 1.807) is 7.11 Å². The molecule has 2 bridgehead atoms. The predicted octanol–water partition coefficient (Wildman–Crippen LogP) is 2.01. The molecular formula is C15H21N3O3. The molecule has 0 unspecified atom stereocenters. The van der Waals surface area contributed by atoms with Crippen molar-refractivity contribution in [3.8, 4) is 0 Å². The summed E-state index contributed by atoms with van der Waals surface area (Å²) in [7, 11) is 2.92. The first-order chi connectivity index (χ1) is 10.2. The molecule has 2 aliphatic carbocycles. The zero-order valence-electron chi connectivity index (χ0n) is 12.5. The van der Waals surface area contributed by atoms with Gasteiger partial charge in [-0.2, -0.15) is 0 Å². The summed E-state index contributed by atoms with van der Waals surface area (Å²) in [4.78, 5) is 20.4. The number of esters is 1. The highest BCUT2D eigenvalue weighted by molar-refractivity contribution is 5.90. The first-order valence-corrected chi connectivity index (χ1v) is 7.41. The van der Waals surface area contributed by atoms with E-state index in [0.29, 0.717) is 23.2 Å². The van der Waals surface area contributed by atoms with Crippen LogP contribution in [0.1, 0.15) is 41.7 Å². The van der Waals surface area contributed by atoms with E-state index in [1.807, 2.05) is 0 Å². The van der Waals surface area contributed by atoms with Gasteiger partial charge in [-0.1, -0.05) is 6.42 Å². The number of nitrogens with one attached hydrogen (secondary N) is 1. The summed E-state index contributed by atoms with van der Waals surface area (Å²) in [5.74, 6) is 1.74. The fraction of sp³-hybridized carbons (Fsp3) is 0.667. The molecule has 2 fully saturated rings. The number of hydrogen-bond acceptors (Lipinski definition) is 6. The summed E-state index contributed by atoms with van der Waals surface area (Å²) in [6, 6.07) is 0.461. The van der Waals surface area contributed by atoms with Crippen molar-refractivity contribution in [1.82, 2.24) is 9.97 Å². The van der Waals surface area contributed by atoms with Crippen molar-refractivity contribution in [2.75, 3.05) is 19.5 Å². The van der Waals surface area contributed by atoms with Crippen LogP contribution in [-0.2, 0) is 16.1 Å². The topological polar surface area (TPSA) is 73.3 Å². The van der Waals surface area contributed by atoms with Gasteiger partial charge in [-0.25, -0.2) is 14.8 Å². The van der Waals surface area contributed by atoms with E-state index in [1.165, 1.54) is 39.0 Å². The van der Waals surface area contributed by atoms with E-state index >= 15 is 0 Å². The summed E-state index contributed by atoms with van der Waals surface area (Å²) in [5, 5.41) is 3.43. The second-order valence-corrected chi connectivity index (χ2v) is 5.90. The maximum atomic E-state index is 11.7. The minimum atomic E-state index is -0.437. The van der Waals surface area contributed by atoms with Crippen molar-refractivity contribution in [3.63, 3.8) is 0 Å². The first-order valence-electron chi connectivity index (χ1n) is 7.41. The van der Waals surface area contributed by atoms with Gasteiger partial charge in [0.2, 0.25) is 5.95 Å². The Balaban J connectivity index is 1.76. The number of carbonyl (C=O) groups excluding carboxylic acids is 1. The lowest BCUT2D eigenvalue weighted by atomic mass is 9.95. The fourth-order valence-electron chi connectivity index (χ4n) is 3.60. The predicted molar refractivity (Wildman–Crippen MR) is 76.9 cm³/mol. The number of hydrogen-bond donors (Lipinski definition) is 1. The lowest BCUT2D eigenvalue weighted by Gasteiger charge is -2.23. The molecule has 0 spiro atoms. The largest absolute Gasteiger partial charge is 0.465 e. The Labute approximate surface area is 124 Å². The van der Waals surface area contributed by atoms with E-state index in [0.717, 1.165) is 11.8 Å². The molecule has 0 amide bonds. The molecule has 3 rings (SSSR count). The van der Waals surface area contributed by atoms with Crippen molar-refractivity contribution in [1.29, 1.82) is 0 Å². The van der Waals surface area contributed by atoms with Crippen LogP contribution in [0.15, 0.2) is 6.20 Å². The smallest absolute Gasteiger partial charge is 0.341 e. The van der Waals surface area contributed by atoms with Crippen LogP contribution in [0.5, 0.6) is 0 Å². The highest BCUT2D eigenvalue weighted by atomic mass is 16.5. The van der Waals surface area contributed by atoms with Gasteiger partial charge in [0.1, 0.15) is 5.56 Å². The molecule has 1 heterocycles. The number of nitrogens with zero attached hydrogens (tertiary/aromatic N) is 2. The van der Waals surface area contributed by atoms with Gasteiger partial charge < -0.3 is 14.8 Å². The minimum Gasteiger partial charge on any atom is -0.465 e. The van der Waals surface area contributed by atoms with Crippen LogP contribution in [0.25, 0.3) is 0 Å². The standard InChI is InChI=1S/C15H21N3O3/c1-20-8-13-11(14(19)21-2)7-16-15(18-13)17-12-6-9-3-4-10(12)5-9/h7,9-10,12H,3-6,8H2,1-2H3,(H,16,17,18)/t9-,10+,12+/m0/s1. The monoisotopic (exact) mass is 291 g/mol. The number of ether oxygens (including phenoxy) is 2. The van der Waals surface area contributed by atoms with Crippen LogP contribution in [0.4, 0.5) is 5.95 Å². The van der Waals surface area contributed by atoms with Gasteiger partial charge in [0.05, 0.1) is 19.4 Å². The summed E-state index contributed by atoms with van der Waals surface area (Å²) in [5.41, 5.74) is 0.919. The zero-order valence-corrected chi connectivity index (χ0v) is 12.5. The summed E-state index contributed by atoms with van der Waals surface area (Å²) in [6.45, 7) is 0.262. The highest BCUT2D eigenvalue weighted by Gasteiger charge is 2.39. The molecule has 6 heteroatoms. The molecule has 0 saturated heterocycles. The maximum absolute atomic E-state index is 11.7. The number of aromatic nitrogens is 2. The number of methoxy groups -OCH3 is 2. The van der Waals surface area contributed by atoms with Gasteiger partial charge in [0.15, 0.2) is 0 Å². The van der Waals surface area contributed by atoms with Gasteiger partial charge in [0.25, 0.3) is 0 Å². The molecule has 0 radical (unpaired) electrons. The fourth-order valence-corrected chi connectivity index (χ4v) is 3.60. The van der Waals surface area contributed by atoms with Gasteiger partial charge in [-0.3, -0.25) is 0 Å².